The summed E-state index contributed by atoms with van der Waals surface area (Å²) in [6.45, 7) is 8.01. The van der Waals surface area contributed by atoms with Crippen molar-refractivity contribution >= 4 is 5.97 Å². The zero-order chi connectivity index (χ0) is 17.5. The minimum absolute atomic E-state index is 0.107. The Kier molecular flexibility index (Phi) is 4.71. The van der Waals surface area contributed by atoms with Crippen LogP contribution in [0.5, 0.6) is 0 Å². The average molecular weight is 332 g/mol. The van der Waals surface area contributed by atoms with Crippen LogP contribution < -0.4 is 0 Å². The van der Waals surface area contributed by atoms with Crippen LogP contribution in [0, 0.1) is 0 Å². The molecule has 0 aromatic heterocycles. The van der Waals surface area contributed by atoms with Crippen molar-refractivity contribution in [3.63, 3.8) is 0 Å². The third-order valence-electron chi connectivity index (χ3n) is 5.72. The summed E-state index contributed by atoms with van der Waals surface area (Å²) in [6.07, 6.45) is 7.69. The Balaban J connectivity index is 1.83. The molecule has 1 fully saturated rings. The Morgan fingerprint density at radius 1 is 1.17 bits per heavy atom. The zero-order valence-electron chi connectivity index (χ0n) is 15.1. The fourth-order valence-electron chi connectivity index (χ4n) is 3.68. The van der Waals surface area contributed by atoms with Crippen molar-refractivity contribution in [2.24, 2.45) is 0 Å². The van der Waals surface area contributed by atoms with Crippen molar-refractivity contribution < 1.29 is 19.4 Å². The van der Waals surface area contributed by atoms with Gasteiger partial charge in [0.25, 0.3) is 0 Å². The standard InChI is InChI=1S/C20H28O4/c1-12-5-8-15-14(3)19(22)23-16(15)11-13(2)7-10-18-20(4,24-18)17(21)9-6-12/h6,11,16-18,21H,5,7-10H2,1-4H3/b12-6+,13-11+/t16-,17+,18-,20-/m0/s1. The Labute approximate surface area is 144 Å². The Bertz CT molecular complexity index is 628. The van der Waals surface area contributed by atoms with Crippen molar-refractivity contribution in [2.45, 2.75) is 83.7 Å². The van der Waals surface area contributed by atoms with Gasteiger partial charge < -0.3 is 14.6 Å². The van der Waals surface area contributed by atoms with E-state index in [1.54, 1.807) is 0 Å². The van der Waals surface area contributed by atoms with Crippen LogP contribution in [-0.4, -0.2) is 35.0 Å². The lowest BCUT2D eigenvalue weighted by Crippen LogP contribution is -2.28. The molecule has 0 aromatic rings. The number of carbonyl (C=O) groups is 1. The number of hydrogen-bond acceptors (Lipinski definition) is 4. The van der Waals surface area contributed by atoms with Crippen molar-refractivity contribution in [3.8, 4) is 0 Å². The highest BCUT2D eigenvalue weighted by atomic mass is 16.6. The number of ether oxygens (including phenoxy) is 2. The van der Waals surface area contributed by atoms with Gasteiger partial charge in [0.15, 0.2) is 0 Å². The van der Waals surface area contributed by atoms with Crippen LogP contribution in [0.25, 0.3) is 0 Å². The van der Waals surface area contributed by atoms with E-state index in [-0.39, 0.29) is 18.2 Å². The monoisotopic (exact) mass is 332 g/mol. The van der Waals surface area contributed by atoms with Gasteiger partial charge in [-0.05, 0) is 71.4 Å². The van der Waals surface area contributed by atoms with Gasteiger partial charge >= 0.3 is 5.97 Å². The number of hydrogen-bond donors (Lipinski definition) is 1. The van der Waals surface area contributed by atoms with E-state index in [0.29, 0.717) is 6.42 Å². The lowest BCUT2D eigenvalue weighted by molar-refractivity contribution is -0.138. The molecule has 0 unspecified atom stereocenters. The number of allylic oxidation sites excluding steroid dienone is 2. The zero-order valence-corrected chi connectivity index (χ0v) is 15.1. The Morgan fingerprint density at radius 3 is 2.67 bits per heavy atom. The third kappa shape index (κ3) is 3.35. The number of esters is 1. The van der Waals surface area contributed by atoms with Crippen molar-refractivity contribution in [2.75, 3.05) is 0 Å². The number of aliphatic hydroxyl groups excluding tert-OH is 1. The lowest BCUT2D eigenvalue weighted by Gasteiger charge is -2.16. The van der Waals surface area contributed by atoms with Crippen LogP contribution in [0.4, 0.5) is 0 Å². The molecule has 4 atom stereocenters. The van der Waals surface area contributed by atoms with Crippen molar-refractivity contribution in [1.29, 1.82) is 0 Å². The highest BCUT2D eigenvalue weighted by Gasteiger charge is 2.56. The van der Waals surface area contributed by atoms with Crippen LogP contribution >= 0.6 is 0 Å². The average Bonchev–Trinajstić information content (AvgIpc) is 3.13. The highest BCUT2D eigenvalue weighted by Crippen LogP contribution is 2.44. The van der Waals surface area contributed by atoms with Crippen molar-refractivity contribution in [3.05, 3.63) is 34.4 Å². The smallest absolute Gasteiger partial charge is 0.334 e. The van der Waals surface area contributed by atoms with E-state index in [9.17, 15) is 9.90 Å². The fraction of sp³-hybridized carbons (Fsp3) is 0.650. The molecule has 1 saturated heterocycles. The van der Waals surface area contributed by atoms with Gasteiger partial charge in [-0.3, -0.25) is 0 Å². The molecule has 0 saturated carbocycles. The first-order valence-corrected chi connectivity index (χ1v) is 8.90. The molecule has 0 radical (unpaired) electrons. The molecule has 132 valence electrons. The number of rotatable bonds is 0. The number of fused-ring (bicyclic) bond motifs is 2. The van der Waals surface area contributed by atoms with Gasteiger partial charge in [0.05, 0.1) is 12.2 Å². The summed E-state index contributed by atoms with van der Waals surface area (Å²) in [7, 11) is 0. The summed E-state index contributed by atoms with van der Waals surface area (Å²) in [5, 5.41) is 10.4. The van der Waals surface area contributed by atoms with E-state index >= 15 is 0 Å². The number of epoxide rings is 1. The van der Waals surface area contributed by atoms with Gasteiger partial charge in [0.2, 0.25) is 0 Å². The van der Waals surface area contributed by atoms with E-state index in [1.165, 1.54) is 11.1 Å². The van der Waals surface area contributed by atoms with Crippen molar-refractivity contribution in [1.82, 2.24) is 0 Å². The molecule has 0 aromatic carbocycles. The van der Waals surface area contributed by atoms with Gasteiger partial charge in [-0.1, -0.05) is 17.2 Å². The summed E-state index contributed by atoms with van der Waals surface area (Å²) < 4.78 is 11.3. The molecule has 0 amide bonds. The predicted octanol–water partition coefficient (Wildman–Crippen LogP) is 3.60. The topological polar surface area (TPSA) is 59.1 Å². The van der Waals surface area contributed by atoms with E-state index in [4.69, 9.17) is 9.47 Å². The summed E-state index contributed by atoms with van der Waals surface area (Å²) in [5.74, 6) is -0.196. The normalized spacial score (nSPS) is 42.0. The molecule has 1 N–H and O–H groups in total. The van der Waals surface area contributed by atoms with Gasteiger partial charge in [-0.2, -0.15) is 0 Å². The fourth-order valence-corrected chi connectivity index (χ4v) is 3.68. The molecule has 4 nitrogen and oxygen atoms in total. The second kappa shape index (κ2) is 6.49. The predicted molar refractivity (Wildman–Crippen MR) is 92.5 cm³/mol. The first-order valence-electron chi connectivity index (χ1n) is 8.90. The molecular weight excluding hydrogens is 304 g/mol. The molecule has 0 spiro atoms. The van der Waals surface area contributed by atoms with E-state index in [2.05, 4.69) is 26.0 Å². The van der Waals surface area contributed by atoms with Crippen LogP contribution in [0.15, 0.2) is 34.4 Å². The Morgan fingerprint density at radius 2 is 1.92 bits per heavy atom. The maximum Gasteiger partial charge on any atom is 0.334 e. The van der Waals surface area contributed by atoms with E-state index in [1.807, 2.05) is 13.8 Å². The molecule has 24 heavy (non-hydrogen) atoms. The molecule has 3 rings (SSSR count). The second-order valence-corrected chi connectivity index (χ2v) is 7.62. The quantitative estimate of drug-likeness (QED) is 0.418. The van der Waals surface area contributed by atoms with E-state index in [0.717, 1.165) is 36.8 Å². The van der Waals surface area contributed by atoms with Crippen LogP contribution in [-0.2, 0) is 14.3 Å². The number of carbonyl (C=O) groups excluding carboxylic acids is 1. The second-order valence-electron chi connectivity index (χ2n) is 7.62. The maximum absolute atomic E-state index is 11.9. The SMILES string of the molecule is CC1=C2CC/C(C)=C/C[C@@H](O)[C@]3(C)O[C@H]3CC/C(C)=C/[C@@H]2OC1=O. The summed E-state index contributed by atoms with van der Waals surface area (Å²) >= 11 is 0. The molecule has 3 aliphatic rings. The molecule has 4 heteroatoms. The minimum atomic E-state index is -0.463. The minimum Gasteiger partial charge on any atom is -0.450 e. The first kappa shape index (κ1) is 17.4. The van der Waals surface area contributed by atoms with E-state index < -0.39 is 11.7 Å². The molecule has 0 bridgehead atoms. The van der Waals surface area contributed by atoms with Crippen LogP contribution in [0.1, 0.15) is 59.8 Å². The Hall–Kier alpha value is -1.39. The van der Waals surface area contributed by atoms with Crippen LogP contribution in [0.2, 0.25) is 0 Å². The summed E-state index contributed by atoms with van der Waals surface area (Å²) in [4.78, 5) is 11.9. The molecular formula is C20H28O4. The van der Waals surface area contributed by atoms with Gasteiger partial charge in [0, 0.05) is 5.57 Å². The molecule has 2 aliphatic heterocycles. The third-order valence-corrected chi connectivity index (χ3v) is 5.72. The largest absolute Gasteiger partial charge is 0.450 e. The van der Waals surface area contributed by atoms with Gasteiger partial charge in [0.1, 0.15) is 11.7 Å². The van der Waals surface area contributed by atoms with Crippen LogP contribution in [0.3, 0.4) is 0 Å². The van der Waals surface area contributed by atoms with Gasteiger partial charge in [-0.25, -0.2) is 4.79 Å². The highest BCUT2D eigenvalue weighted by molar-refractivity contribution is 5.92. The first-order chi connectivity index (χ1) is 11.3. The number of aliphatic hydroxyl groups is 1. The summed E-state index contributed by atoms with van der Waals surface area (Å²) in [6, 6.07) is 0. The summed E-state index contributed by atoms with van der Waals surface area (Å²) in [5.41, 5.74) is 3.87. The molecule has 1 aliphatic carbocycles. The molecule has 2 heterocycles. The maximum atomic E-state index is 11.9. The van der Waals surface area contributed by atoms with Gasteiger partial charge in [-0.15, -0.1) is 0 Å². The lowest BCUT2D eigenvalue weighted by atomic mass is 9.91.